The quantitative estimate of drug-likeness (QED) is 0.511. The molecule has 1 aliphatic rings. The van der Waals surface area contributed by atoms with Crippen LogP contribution in [0, 0.1) is 5.82 Å². The third-order valence-electron chi connectivity index (χ3n) is 5.28. The molecule has 1 atom stereocenters. The molecule has 9 heteroatoms. The van der Waals surface area contributed by atoms with Crippen molar-refractivity contribution in [2.45, 2.75) is 18.7 Å². The van der Waals surface area contributed by atoms with Crippen LogP contribution >= 0.6 is 11.6 Å². The van der Waals surface area contributed by atoms with E-state index in [2.05, 4.69) is 10.00 Å². The molecule has 3 aromatic rings. The third-order valence-corrected chi connectivity index (χ3v) is 5.48. The van der Waals surface area contributed by atoms with Gasteiger partial charge in [0.05, 0.1) is 31.0 Å². The van der Waals surface area contributed by atoms with Gasteiger partial charge in [-0.25, -0.2) is 4.39 Å². The summed E-state index contributed by atoms with van der Waals surface area (Å²) in [7, 11) is 0. The minimum atomic E-state index is -1.16. The third kappa shape index (κ3) is 7.17. The standard InChI is InChI=1S/C24H27ClFN3O4/c25-20-13-27-29(15-20)10-12-32-22-5-1-19(2-6-22)14-28-9-11-31-17-24(30,16-28)18-33-23-7-3-21(26)4-8-23/h1-8,13,15,30H,9-12,14,16-18H2. The molecule has 0 aliphatic carbocycles. The maximum atomic E-state index is 13.1. The highest BCUT2D eigenvalue weighted by atomic mass is 35.5. The number of hydrogen-bond donors (Lipinski definition) is 1. The van der Waals surface area contributed by atoms with Crippen LogP contribution in [0.2, 0.25) is 5.02 Å². The molecule has 0 saturated carbocycles. The first-order chi connectivity index (χ1) is 16.0. The topological polar surface area (TPSA) is 69.0 Å². The number of halogens is 2. The van der Waals surface area contributed by atoms with Gasteiger partial charge < -0.3 is 19.3 Å². The second-order valence-electron chi connectivity index (χ2n) is 8.14. The number of ether oxygens (including phenoxy) is 3. The molecule has 1 fully saturated rings. The van der Waals surface area contributed by atoms with Gasteiger partial charge in [0.25, 0.3) is 0 Å². The van der Waals surface area contributed by atoms with Crippen molar-refractivity contribution in [1.29, 1.82) is 0 Å². The van der Waals surface area contributed by atoms with Gasteiger partial charge in [0, 0.05) is 25.8 Å². The van der Waals surface area contributed by atoms with Gasteiger partial charge in [-0.15, -0.1) is 0 Å². The smallest absolute Gasteiger partial charge is 0.134 e. The van der Waals surface area contributed by atoms with Crippen LogP contribution in [0.5, 0.6) is 11.5 Å². The Morgan fingerprint density at radius 1 is 1.09 bits per heavy atom. The lowest BCUT2D eigenvalue weighted by Crippen LogP contribution is -2.48. The van der Waals surface area contributed by atoms with Crippen LogP contribution in [0.1, 0.15) is 5.56 Å². The molecule has 1 N–H and O–H groups in total. The second kappa shape index (κ2) is 11.0. The second-order valence-corrected chi connectivity index (χ2v) is 8.58. The van der Waals surface area contributed by atoms with E-state index < -0.39 is 5.60 Å². The van der Waals surface area contributed by atoms with Crippen molar-refractivity contribution < 1.29 is 23.7 Å². The van der Waals surface area contributed by atoms with E-state index in [0.717, 1.165) is 11.3 Å². The summed E-state index contributed by atoms with van der Waals surface area (Å²) in [6, 6.07) is 13.6. The van der Waals surface area contributed by atoms with E-state index in [-0.39, 0.29) is 19.0 Å². The summed E-state index contributed by atoms with van der Waals surface area (Å²) in [5.74, 6) is 0.955. The van der Waals surface area contributed by atoms with Crippen LogP contribution < -0.4 is 9.47 Å². The Kier molecular flexibility index (Phi) is 7.82. The normalized spacial score (nSPS) is 19.2. The van der Waals surface area contributed by atoms with Crippen LogP contribution in [0.3, 0.4) is 0 Å². The Hall–Kier alpha value is -2.65. The van der Waals surface area contributed by atoms with Crippen molar-refractivity contribution in [2.75, 3.05) is 39.5 Å². The highest BCUT2D eigenvalue weighted by molar-refractivity contribution is 6.30. The average molecular weight is 476 g/mol. The molecule has 1 aromatic heterocycles. The van der Waals surface area contributed by atoms with Gasteiger partial charge in [0.2, 0.25) is 0 Å². The van der Waals surface area contributed by atoms with Gasteiger partial charge in [-0.3, -0.25) is 9.58 Å². The van der Waals surface area contributed by atoms with Crippen LogP contribution in [0.15, 0.2) is 60.9 Å². The lowest BCUT2D eigenvalue weighted by atomic mass is 10.1. The Labute approximate surface area is 197 Å². The monoisotopic (exact) mass is 475 g/mol. The van der Waals surface area contributed by atoms with E-state index in [9.17, 15) is 9.50 Å². The van der Waals surface area contributed by atoms with Crippen molar-refractivity contribution in [3.05, 3.63) is 77.3 Å². The van der Waals surface area contributed by atoms with Gasteiger partial charge in [-0.2, -0.15) is 5.10 Å². The Morgan fingerprint density at radius 3 is 2.55 bits per heavy atom. The highest BCUT2D eigenvalue weighted by Gasteiger charge is 2.33. The molecule has 2 aromatic carbocycles. The summed E-state index contributed by atoms with van der Waals surface area (Å²) >= 11 is 5.86. The first kappa shape index (κ1) is 23.5. The first-order valence-corrected chi connectivity index (χ1v) is 11.2. The van der Waals surface area contributed by atoms with Crippen molar-refractivity contribution in [3.8, 4) is 11.5 Å². The van der Waals surface area contributed by atoms with Crippen LogP contribution in [0.4, 0.5) is 4.39 Å². The molecule has 0 spiro atoms. The summed E-state index contributed by atoms with van der Waals surface area (Å²) in [4.78, 5) is 2.14. The fourth-order valence-electron chi connectivity index (χ4n) is 3.63. The summed E-state index contributed by atoms with van der Waals surface area (Å²) in [5, 5.41) is 15.8. The number of aliphatic hydroxyl groups is 1. The van der Waals surface area contributed by atoms with Crippen LogP contribution in [-0.2, 0) is 17.8 Å². The molecule has 0 bridgehead atoms. The Morgan fingerprint density at radius 2 is 1.82 bits per heavy atom. The van der Waals surface area contributed by atoms with Crippen molar-refractivity contribution in [1.82, 2.24) is 14.7 Å². The molecule has 33 heavy (non-hydrogen) atoms. The molecule has 0 radical (unpaired) electrons. The fourth-order valence-corrected chi connectivity index (χ4v) is 3.79. The Balaban J connectivity index is 1.27. The highest BCUT2D eigenvalue weighted by Crippen LogP contribution is 2.20. The summed E-state index contributed by atoms with van der Waals surface area (Å²) in [6.07, 6.45) is 3.35. The predicted octanol–water partition coefficient (Wildman–Crippen LogP) is 3.40. The predicted molar refractivity (Wildman–Crippen MR) is 122 cm³/mol. The molecule has 7 nitrogen and oxygen atoms in total. The molecule has 4 rings (SSSR count). The molecular weight excluding hydrogens is 449 g/mol. The van der Waals surface area contributed by atoms with Gasteiger partial charge >= 0.3 is 0 Å². The van der Waals surface area contributed by atoms with E-state index in [1.54, 1.807) is 29.2 Å². The van der Waals surface area contributed by atoms with Gasteiger partial charge in [0.15, 0.2) is 0 Å². The van der Waals surface area contributed by atoms with E-state index in [4.69, 9.17) is 25.8 Å². The number of aromatic nitrogens is 2. The zero-order valence-corrected chi connectivity index (χ0v) is 19.0. The molecule has 2 heterocycles. The lowest BCUT2D eigenvalue weighted by molar-refractivity contribution is -0.0646. The zero-order valence-electron chi connectivity index (χ0n) is 18.2. The fraction of sp³-hybridized carbons (Fsp3) is 0.375. The minimum Gasteiger partial charge on any atom is -0.492 e. The number of β-amino-alcohol motifs (C(OH)–C–C–N with tert-alkyl or cyclic N) is 1. The van der Waals surface area contributed by atoms with Crippen molar-refractivity contribution >= 4 is 11.6 Å². The van der Waals surface area contributed by atoms with E-state index in [1.165, 1.54) is 12.1 Å². The van der Waals surface area contributed by atoms with Crippen LogP contribution in [-0.4, -0.2) is 64.9 Å². The van der Waals surface area contributed by atoms with E-state index in [0.29, 0.717) is 50.2 Å². The maximum absolute atomic E-state index is 13.1. The molecule has 0 amide bonds. The Bertz CT molecular complexity index is 1020. The van der Waals surface area contributed by atoms with E-state index in [1.807, 2.05) is 24.3 Å². The molecule has 1 unspecified atom stereocenters. The van der Waals surface area contributed by atoms with Crippen molar-refractivity contribution in [3.63, 3.8) is 0 Å². The average Bonchev–Trinajstić information content (AvgIpc) is 3.13. The largest absolute Gasteiger partial charge is 0.492 e. The maximum Gasteiger partial charge on any atom is 0.134 e. The number of benzene rings is 2. The number of hydrogen-bond acceptors (Lipinski definition) is 6. The SMILES string of the molecule is OC1(COc2ccc(F)cc2)COCCN(Cc2ccc(OCCn3cc(Cl)cn3)cc2)C1. The van der Waals surface area contributed by atoms with Gasteiger partial charge in [0.1, 0.15) is 36.1 Å². The number of rotatable bonds is 9. The van der Waals surface area contributed by atoms with Gasteiger partial charge in [-0.05, 0) is 42.0 Å². The van der Waals surface area contributed by atoms with Gasteiger partial charge in [-0.1, -0.05) is 23.7 Å². The summed E-state index contributed by atoms with van der Waals surface area (Å²) < 4.78 is 31.9. The molecule has 1 aliphatic heterocycles. The minimum absolute atomic E-state index is 0.0589. The zero-order chi connectivity index (χ0) is 23.1. The van der Waals surface area contributed by atoms with E-state index >= 15 is 0 Å². The lowest BCUT2D eigenvalue weighted by Gasteiger charge is -2.30. The van der Waals surface area contributed by atoms with Crippen LogP contribution in [0.25, 0.3) is 0 Å². The van der Waals surface area contributed by atoms with Crippen molar-refractivity contribution in [2.24, 2.45) is 0 Å². The summed E-state index contributed by atoms with van der Waals surface area (Å²) in [5.41, 5.74) is -0.0616. The number of nitrogens with zero attached hydrogens (tertiary/aromatic N) is 3. The first-order valence-electron chi connectivity index (χ1n) is 10.8. The molecule has 1 saturated heterocycles. The molecular formula is C24H27ClFN3O4. The summed E-state index contributed by atoms with van der Waals surface area (Å²) in [6.45, 7) is 3.62. The molecule has 176 valence electrons.